The number of amides is 1. The number of carbonyl (C=O) groups is 1. The van der Waals surface area contributed by atoms with Crippen molar-refractivity contribution in [3.05, 3.63) is 35.1 Å². The van der Waals surface area contributed by atoms with Crippen molar-refractivity contribution in [2.75, 3.05) is 0 Å². The van der Waals surface area contributed by atoms with E-state index >= 15 is 0 Å². The Morgan fingerprint density at radius 1 is 1.33 bits per heavy atom. The predicted octanol–water partition coefficient (Wildman–Crippen LogP) is 2.60. The van der Waals surface area contributed by atoms with E-state index in [1.807, 2.05) is 0 Å². The minimum absolute atomic E-state index is 0.0138. The lowest BCUT2D eigenvalue weighted by molar-refractivity contribution is -0.137. The van der Waals surface area contributed by atoms with Gasteiger partial charge in [-0.3, -0.25) is 4.79 Å². The molecule has 1 aromatic carbocycles. The Labute approximate surface area is 119 Å². The number of hydrogen-bond donors (Lipinski definition) is 2. The van der Waals surface area contributed by atoms with Crippen molar-refractivity contribution in [1.29, 1.82) is 0 Å². The van der Waals surface area contributed by atoms with Gasteiger partial charge in [-0.2, -0.15) is 13.2 Å². The van der Waals surface area contributed by atoms with E-state index in [2.05, 4.69) is 10.6 Å². The Bertz CT molecular complexity index is 526. The number of hydrogen-bond acceptors (Lipinski definition) is 2. The molecular formula is C14H16F4N2O. The maximum absolute atomic E-state index is 13.2. The highest BCUT2D eigenvalue weighted by Crippen LogP contribution is 2.30. The van der Waals surface area contributed by atoms with Crippen LogP contribution < -0.4 is 10.6 Å². The average molecular weight is 304 g/mol. The second kappa shape index (κ2) is 6.01. The Morgan fingerprint density at radius 2 is 2.00 bits per heavy atom. The number of carbonyl (C=O) groups excluding carboxylic acids is 1. The number of alkyl halides is 3. The molecular weight excluding hydrogens is 288 g/mol. The highest BCUT2D eigenvalue weighted by atomic mass is 19.4. The maximum Gasteiger partial charge on any atom is 0.416 e. The van der Waals surface area contributed by atoms with Crippen molar-refractivity contribution in [3.63, 3.8) is 0 Å². The quantitative estimate of drug-likeness (QED) is 0.821. The number of benzene rings is 1. The van der Waals surface area contributed by atoms with Gasteiger partial charge in [0.25, 0.3) is 0 Å². The average Bonchev–Trinajstić information content (AvgIpc) is 3.18. The van der Waals surface area contributed by atoms with Crippen LogP contribution in [0.2, 0.25) is 0 Å². The standard InChI is InChI=1S/C14H16F4N2O/c1-8(13(21)20-12-2-3-12)19-7-9-4-10(14(16,17)18)6-11(15)5-9/h4-6,8,12,19H,2-3,7H2,1H3,(H,20,21). The largest absolute Gasteiger partial charge is 0.416 e. The van der Waals surface area contributed by atoms with Crippen LogP contribution in [0, 0.1) is 5.82 Å². The fourth-order valence-corrected chi connectivity index (χ4v) is 1.83. The van der Waals surface area contributed by atoms with Crippen molar-refractivity contribution >= 4 is 5.91 Å². The molecule has 0 aromatic heterocycles. The molecule has 0 aliphatic heterocycles. The molecule has 1 unspecified atom stereocenters. The summed E-state index contributed by atoms with van der Waals surface area (Å²) in [5.74, 6) is -1.15. The number of nitrogens with one attached hydrogen (secondary N) is 2. The van der Waals surface area contributed by atoms with Gasteiger partial charge in [0.2, 0.25) is 5.91 Å². The van der Waals surface area contributed by atoms with Crippen molar-refractivity contribution in [1.82, 2.24) is 10.6 Å². The Balaban J connectivity index is 1.95. The topological polar surface area (TPSA) is 41.1 Å². The zero-order valence-electron chi connectivity index (χ0n) is 11.4. The third kappa shape index (κ3) is 4.70. The van der Waals surface area contributed by atoms with Crippen molar-refractivity contribution in [2.45, 2.75) is 44.6 Å². The first-order chi connectivity index (χ1) is 9.75. The van der Waals surface area contributed by atoms with Gasteiger partial charge < -0.3 is 10.6 Å². The molecule has 1 saturated carbocycles. The van der Waals surface area contributed by atoms with Crippen LogP contribution in [0.25, 0.3) is 0 Å². The number of halogens is 4. The summed E-state index contributed by atoms with van der Waals surface area (Å²) < 4.78 is 50.9. The third-order valence-corrected chi connectivity index (χ3v) is 3.21. The summed E-state index contributed by atoms with van der Waals surface area (Å²) in [6.45, 7) is 1.60. The molecule has 1 fully saturated rings. The van der Waals surface area contributed by atoms with Gasteiger partial charge in [-0.05, 0) is 43.5 Å². The lowest BCUT2D eigenvalue weighted by Crippen LogP contribution is -2.42. The molecule has 1 aliphatic carbocycles. The van der Waals surface area contributed by atoms with E-state index in [4.69, 9.17) is 0 Å². The van der Waals surface area contributed by atoms with Crippen molar-refractivity contribution in [2.24, 2.45) is 0 Å². The molecule has 2 N–H and O–H groups in total. The second-order valence-corrected chi connectivity index (χ2v) is 5.23. The van der Waals surface area contributed by atoms with Gasteiger partial charge in [0.1, 0.15) is 5.82 Å². The van der Waals surface area contributed by atoms with E-state index in [9.17, 15) is 22.4 Å². The summed E-state index contributed by atoms with van der Waals surface area (Å²) in [5.41, 5.74) is -0.886. The normalized spacial score (nSPS) is 16.6. The summed E-state index contributed by atoms with van der Waals surface area (Å²) in [5, 5.41) is 5.57. The van der Waals surface area contributed by atoms with Gasteiger partial charge in [-0.15, -0.1) is 0 Å². The minimum atomic E-state index is -4.59. The van der Waals surface area contributed by atoms with Crippen LogP contribution in [-0.4, -0.2) is 18.0 Å². The van der Waals surface area contributed by atoms with E-state index in [1.54, 1.807) is 6.92 Å². The van der Waals surface area contributed by atoms with Gasteiger partial charge in [-0.25, -0.2) is 4.39 Å². The van der Waals surface area contributed by atoms with Crippen molar-refractivity contribution < 1.29 is 22.4 Å². The molecule has 1 amide bonds. The summed E-state index contributed by atoms with van der Waals surface area (Å²) in [4.78, 5) is 11.7. The smallest absolute Gasteiger partial charge is 0.352 e. The Kier molecular flexibility index (Phi) is 4.51. The maximum atomic E-state index is 13.2. The predicted molar refractivity (Wildman–Crippen MR) is 68.9 cm³/mol. The van der Waals surface area contributed by atoms with E-state index in [0.29, 0.717) is 6.07 Å². The SMILES string of the molecule is CC(NCc1cc(F)cc(C(F)(F)F)c1)C(=O)NC1CC1. The first-order valence-electron chi connectivity index (χ1n) is 6.66. The van der Waals surface area contributed by atoms with Gasteiger partial charge in [0.05, 0.1) is 11.6 Å². The van der Waals surface area contributed by atoms with Crippen molar-refractivity contribution in [3.8, 4) is 0 Å². The summed E-state index contributed by atoms with van der Waals surface area (Å²) in [6, 6.07) is 2.01. The van der Waals surface area contributed by atoms with Crippen LogP contribution >= 0.6 is 0 Å². The fraction of sp³-hybridized carbons (Fsp3) is 0.500. The van der Waals surface area contributed by atoms with Gasteiger partial charge in [0, 0.05) is 12.6 Å². The van der Waals surface area contributed by atoms with Crippen LogP contribution in [0.3, 0.4) is 0 Å². The highest BCUT2D eigenvalue weighted by molar-refractivity contribution is 5.81. The molecule has 21 heavy (non-hydrogen) atoms. The molecule has 0 radical (unpaired) electrons. The summed E-state index contributed by atoms with van der Waals surface area (Å²) in [7, 11) is 0. The van der Waals surface area contributed by atoms with Gasteiger partial charge in [-0.1, -0.05) is 0 Å². The molecule has 0 bridgehead atoms. The first kappa shape index (κ1) is 15.8. The van der Waals surface area contributed by atoms with Crippen LogP contribution in [0.1, 0.15) is 30.9 Å². The lowest BCUT2D eigenvalue weighted by Gasteiger charge is -2.15. The zero-order chi connectivity index (χ0) is 15.6. The molecule has 1 aromatic rings. The zero-order valence-corrected chi connectivity index (χ0v) is 11.4. The van der Waals surface area contributed by atoms with Crippen LogP contribution in [0.4, 0.5) is 17.6 Å². The molecule has 7 heteroatoms. The third-order valence-electron chi connectivity index (χ3n) is 3.21. The monoisotopic (exact) mass is 304 g/mol. The highest BCUT2D eigenvalue weighted by Gasteiger charge is 2.31. The summed E-state index contributed by atoms with van der Waals surface area (Å²) >= 11 is 0. The van der Waals surface area contributed by atoms with Gasteiger partial charge in [0.15, 0.2) is 0 Å². The Morgan fingerprint density at radius 3 is 2.57 bits per heavy atom. The van der Waals surface area contributed by atoms with E-state index < -0.39 is 23.6 Å². The molecule has 0 saturated heterocycles. The Hall–Kier alpha value is -1.63. The molecule has 1 atom stereocenters. The van der Waals surface area contributed by atoms with E-state index in [-0.39, 0.29) is 24.1 Å². The molecule has 1 aliphatic rings. The van der Waals surface area contributed by atoms with E-state index in [0.717, 1.165) is 25.0 Å². The molecule has 0 heterocycles. The van der Waals surface area contributed by atoms with Gasteiger partial charge >= 0.3 is 6.18 Å². The van der Waals surface area contributed by atoms with Crippen LogP contribution in [0.5, 0.6) is 0 Å². The minimum Gasteiger partial charge on any atom is -0.352 e. The van der Waals surface area contributed by atoms with E-state index in [1.165, 1.54) is 0 Å². The molecule has 0 spiro atoms. The van der Waals surface area contributed by atoms with Crippen LogP contribution in [0.15, 0.2) is 18.2 Å². The molecule has 3 nitrogen and oxygen atoms in total. The molecule has 116 valence electrons. The number of rotatable bonds is 5. The second-order valence-electron chi connectivity index (χ2n) is 5.23. The first-order valence-corrected chi connectivity index (χ1v) is 6.66. The lowest BCUT2D eigenvalue weighted by atomic mass is 10.1. The summed E-state index contributed by atoms with van der Waals surface area (Å²) in [6.07, 6.45) is -2.68. The van der Waals surface area contributed by atoms with Crippen LogP contribution in [-0.2, 0) is 17.5 Å². The fourth-order valence-electron chi connectivity index (χ4n) is 1.83. The molecule has 2 rings (SSSR count).